The largest absolute Gasteiger partial charge is 0.494 e. The summed E-state index contributed by atoms with van der Waals surface area (Å²) in [6.07, 6.45) is 0. The summed E-state index contributed by atoms with van der Waals surface area (Å²) in [6.45, 7) is 2.00. The second-order valence-electron chi connectivity index (χ2n) is 5.21. The number of rotatable bonds is 7. The van der Waals surface area contributed by atoms with Gasteiger partial charge in [0.2, 0.25) is 5.82 Å². The first-order valence-electron chi connectivity index (χ1n) is 7.78. The zero-order valence-electron chi connectivity index (χ0n) is 13.8. The average molecular weight is 419 g/mol. The Morgan fingerprint density at radius 1 is 1.23 bits per heavy atom. The predicted molar refractivity (Wildman–Crippen MR) is 97.2 cm³/mol. The van der Waals surface area contributed by atoms with Gasteiger partial charge in [0, 0.05) is 10.0 Å². The standard InChI is InChI=1S/C18H15BrN2O5/c1-2-24-13-5-3-4-11(8-13)17-20-18(26-21-17)14-9-12(19)6-7-15(14)25-10-16(22)23/h3-9H,2,10H2,1H3,(H,22,23). The van der Waals surface area contributed by atoms with E-state index < -0.39 is 12.6 Å². The third kappa shape index (κ3) is 4.20. The van der Waals surface area contributed by atoms with Crippen molar-refractivity contribution in [3.63, 3.8) is 0 Å². The molecule has 3 aromatic rings. The lowest BCUT2D eigenvalue weighted by atomic mass is 10.2. The smallest absolute Gasteiger partial charge is 0.341 e. The minimum absolute atomic E-state index is 0.225. The molecule has 134 valence electrons. The van der Waals surface area contributed by atoms with E-state index in [0.29, 0.717) is 29.5 Å². The summed E-state index contributed by atoms with van der Waals surface area (Å²) in [5.74, 6) is 0.602. The number of carboxylic acid groups (broad SMARTS) is 1. The quantitative estimate of drug-likeness (QED) is 0.618. The van der Waals surface area contributed by atoms with Crippen LogP contribution in [0.5, 0.6) is 11.5 Å². The molecule has 1 heterocycles. The second kappa shape index (κ2) is 8.01. The third-order valence-electron chi connectivity index (χ3n) is 3.35. The first-order valence-corrected chi connectivity index (χ1v) is 8.57. The molecule has 0 unspecified atom stereocenters. The molecule has 26 heavy (non-hydrogen) atoms. The monoisotopic (exact) mass is 418 g/mol. The van der Waals surface area contributed by atoms with Gasteiger partial charge < -0.3 is 19.1 Å². The molecule has 3 rings (SSSR count). The highest BCUT2D eigenvalue weighted by atomic mass is 79.9. The maximum atomic E-state index is 10.8. The van der Waals surface area contributed by atoms with Crippen LogP contribution in [0.1, 0.15) is 6.92 Å². The van der Waals surface area contributed by atoms with E-state index in [1.807, 2.05) is 31.2 Å². The number of carboxylic acids is 1. The topological polar surface area (TPSA) is 94.7 Å². The van der Waals surface area contributed by atoms with Gasteiger partial charge >= 0.3 is 5.97 Å². The first-order chi connectivity index (χ1) is 12.6. The van der Waals surface area contributed by atoms with E-state index in [1.54, 1.807) is 18.2 Å². The van der Waals surface area contributed by atoms with Gasteiger partial charge in [0.15, 0.2) is 6.61 Å². The van der Waals surface area contributed by atoms with E-state index in [9.17, 15) is 4.79 Å². The van der Waals surface area contributed by atoms with E-state index in [-0.39, 0.29) is 5.89 Å². The third-order valence-corrected chi connectivity index (χ3v) is 3.85. The number of ether oxygens (including phenoxy) is 2. The highest BCUT2D eigenvalue weighted by Crippen LogP contribution is 2.33. The summed E-state index contributed by atoms with van der Waals surface area (Å²) in [6, 6.07) is 12.5. The van der Waals surface area contributed by atoms with Crippen molar-refractivity contribution >= 4 is 21.9 Å². The fourth-order valence-corrected chi connectivity index (χ4v) is 2.64. The lowest BCUT2D eigenvalue weighted by molar-refractivity contribution is -0.139. The second-order valence-corrected chi connectivity index (χ2v) is 6.12. The van der Waals surface area contributed by atoms with Gasteiger partial charge in [-0.1, -0.05) is 33.2 Å². The van der Waals surface area contributed by atoms with Crippen LogP contribution in [0.15, 0.2) is 51.5 Å². The molecule has 0 radical (unpaired) electrons. The molecule has 0 aliphatic heterocycles. The Kier molecular flexibility index (Phi) is 5.52. The molecule has 1 aromatic heterocycles. The van der Waals surface area contributed by atoms with Crippen molar-refractivity contribution < 1.29 is 23.9 Å². The van der Waals surface area contributed by atoms with E-state index in [2.05, 4.69) is 26.1 Å². The molecular weight excluding hydrogens is 404 g/mol. The number of aliphatic carboxylic acids is 1. The maximum Gasteiger partial charge on any atom is 0.341 e. The van der Waals surface area contributed by atoms with Crippen LogP contribution in [0.4, 0.5) is 0 Å². The van der Waals surface area contributed by atoms with Gasteiger partial charge in [0.25, 0.3) is 5.89 Å². The van der Waals surface area contributed by atoms with Gasteiger partial charge in [-0.25, -0.2) is 4.79 Å². The van der Waals surface area contributed by atoms with Gasteiger partial charge in [-0.3, -0.25) is 0 Å². The summed E-state index contributed by atoms with van der Waals surface area (Å²) in [4.78, 5) is 15.2. The molecule has 0 spiro atoms. The molecule has 0 fully saturated rings. The number of benzene rings is 2. The van der Waals surface area contributed by atoms with E-state index >= 15 is 0 Å². The van der Waals surface area contributed by atoms with Crippen LogP contribution in [0, 0.1) is 0 Å². The minimum atomic E-state index is -1.07. The molecule has 0 bridgehead atoms. The fourth-order valence-electron chi connectivity index (χ4n) is 2.28. The molecule has 0 saturated carbocycles. The van der Waals surface area contributed by atoms with Crippen LogP contribution in [0.3, 0.4) is 0 Å². The summed E-state index contributed by atoms with van der Waals surface area (Å²) >= 11 is 3.37. The van der Waals surface area contributed by atoms with Gasteiger partial charge in [0.05, 0.1) is 12.2 Å². The van der Waals surface area contributed by atoms with Gasteiger partial charge in [0.1, 0.15) is 11.5 Å². The number of hydrogen-bond donors (Lipinski definition) is 1. The van der Waals surface area contributed by atoms with Crippen LogP contribution in [0.2, 0.25) is 0 Å². The number of halogens is 1. The number of nitrogens with zero attached hydrogens (tertiary/aromatic N) is 2. The summed E-state index contributed by atoms with van der Waals surface area (Å²) in [5.41, 5.74) is 1.24. The minimum Gasteiger partial charge on any atom is -0.494 e. The SMILES string of the molecule is CCOc1cccc(-c2noc(-c3cc(Br)ccc3OCC(=O)O)n2)c1. The van der Waals surface area contributed by atoms with Crippen molar-refractivity contribution in [2.45, 2.75) is 6.92 Å². The van der Waals surface area contributed by atoms with Crippen LogP contribution in [-0.4, -0.2) is 34.4 Å². The zero-order valence-corrected chi connectivity index (χ0v) is 15.4. The van der Waals surface area contributed by atoms with Crippen molar-refractivity contribution in [1.29, 1.82) is 0 Å². The van der Waals surface area contributed by atoms with E-state index in [0.717, 1.165) is 10.0 Å². The van der Waals surface area contributed by atoms with Crippen molar-refractivity contribution in [2.75, 3.05) is 13.2 Å². The summed E-state index contributed by atoms with van der Waals surface area (Å²) in [7, 11) is 0. The van der Waals surface area contributed by atoms with Gasteiger partial charge in [-0.2, -0.15) is 4.98 Å². The number of hydrogen-bond acceptors (Lipinski definition) is 6. The van der Waals surface area contributed by atoms with Crippen molar-refractivity contribution in [2.24, 2.45) is 0 Å². The Morgan fingerprint density at radius 2 is 2.08 bits per heavy atom. The molecule has 0 amide bonds. The normalized spacial score (nSPS) is 10.5. The molecule has 1 N–H and O–H groups in total. The summed E-state index contributed by atoms with van der Waals surface area (Å²) < 4.78 is 16.9. The Bertz CT molecular complexity index is 925. The molecule has 8 heteroatoms. The Labute approximate surface area is 157 Å². The van der Waals surface area contributed by atoms with Crippen LogP contribution >= 0.6 is 15.9 Å². The Morgan fingerprint density at radius 3 is 2.85 bits per heavy atom. The summed E-state index contributed by atoms with van der Waals surface area (Å²) in [5, 5.41) is 12.8. The highest BCUT2D eigenvalue weighted by molar-refractivity contribution is 9.10. The Balaban J connectivity index is 1.93. The van der Waals surface area contributed by atoms with Gasteiger partial charge in [-0.15, -0.1) is 0 Å². The van der Waals surface area contributed by atoms with Crippen molar-refractivity contribution in [3.8, 4) is 34.3 Å². The van der Waals surface area contributed by atoms with Gasteiger partial charge in [-0.05, 0) is 37.3 Å². The molecule has 0 atom stereocenters. The molecule has 7 nitrogen and oxygen atoms in total. The fraction of sp³-hybridized carbons (Fsp3) is 0.167. The highest BCUT2D eigenvalue weighted by Gasteiger charge is 2.17. The van der Waals surface area contributed by atoms with E-state index in [1.165, 1.54) is 0 Å². The predicted octanol–water partition coefficient (Wildman–Crippen LogP) is 4.03. The maximum absolute atomic E-state index is 10.8. The lowest BCUT2D eigenvalue weighted by Crippen LogP contribution is -2.10. The van der Waals surface area contributed by atoms with E-state index in [4.69, 9.17) is 19.1 Å². The lowest BCUT2D eigenvalue weighted by Gasteiger charge is -2.07. The van der Waals surface area contributed by atoms with Crippen molar-refractivity contribution in [3.05, 3.63) is 46.9 Å². The molecule has 0 saturated heterocycles. The average Bonchev–Trinajstić information content (AvgIpc) is 3.11. The number of carbonyl (C=O) groups is 1. The molecule has 0 aliphatic carbocycles. The van der Waals surface area contributed by atoms with Crippen LogP contribution < -0.4 is 9.47 Å². The number of aromatic nitrogens is 2. The van der Waals surface area contributed by atoms with Crippen molar-refractivity contribution in [1.82, 2.24) is 10.1 Å². The zero-order chi connectivity index (χ0) is 18.5. The molecule has 2 aromatic carbocycles. The molecular formula is C18H15BrN2O5. The Hall–Kier alpha value is -2.87. The molecule has 0 aliphatic rings. The first kappa shape index (κ1) is 17.9. The van der Waals surface area contributed by atoms with Crippen LogP contribution in [0.25, 0.3) is 22.8 Å². The van der Waals surface area contributed by atoms with Crippen LogP contribution in [-0.2, 0) is 4.79 Å².